The molecular formula is C11H13NO3. The molecule has 0 saturated heterocycles. The molecular weight excluding hydrogens is 194 g/mol. The van der Waals surface area contributed by atoms with E-state index >= 15 is 0 Å². The van der Waals surface area contributed by atoms with Crippen molar-refractivity contribution in [1.82, 2.24) is 0 Å². The molecule has 4 heteroatoms. The Kier molecular flexibility index (Phi) is 3.44. The van der Waals surface area contributed by atoms with Crippen LogP contribution in [0.25, 0.3) is 0 Å². The molecule has 0 spiro atoms. The highest BCUT2D eigenvalue weighted by Crippen LogP contribution is 2.17. The number of Topliss-reactive ketones (excluding diaryl/α,β-unsaturated/α-hetero) is 1. The quantitative estimate of drug-likeness (QED) is 0.425. The normalized spacial score (nSPS) is 9.53. The van der Waals surface area contributed by atoms with Crippen LogP contribution < -0.4 is 9.64 Å². The molecule has 0 N–H and O–H groups in total. The summed E-state index contributed by atoms with van der Waals surface area (Å²) in [6.07, 6.45) is 0. The molecule has 1 rings (SSSR count). The molecule has 0 aliphatic rings. The van der Waals surface area contributed by atoms with Gasteiger partial charge in [0.05, 0.1) is 0 Å². The Morgan fingerprint density at radius 1 is 1.13 bits per heavy atom. The van der Waals surface area contributed by atoms with Crippen molar-refractivity contribution >= 4 is 17.4 Å². The molecule has 0 aromatic heterocycles. The monoisotopic (exact) mass is 207 g/mol. The minimum atomic E-state index is -0.840. The van der Waals surface area contributed by atoms with Crippen LogP contribution >= 0.6 is 0 Å². The second kappa shape index (κ2) is 4.59. The van der Waals surface area contributed by atoms with Gasteiger partial charge in [-0.1, -0.05) is 0 Å². The molecule has 0 amide bonds. The number of ketones is 1. The van der Waals surface area contributed by atoms with E-state index in [-0.39, 0.29) is 0 Å². The first-order valence-corrected chi connectivity index (χ1v) is 4.51. The van der Waals surface area contributed by atoms with Gasteiger partial charge in [-0.2, -0.15) is 0 Å². The van der Waals surface area contributed by atoms with E-state index in [2.05, 4.69) is 0 Å². The van der Waals surface area contributed by atoms with Crippen LogP contribution in [0.1, 0.15) is 6.92 Å². The molecule has 0 fully saturated rings. The summed E-state index contributed by atoms with van der Waals surface area (Å²) in [6.45, 7) is 1.18. The molecule has 15 heavy (non-hydrogen) atoms. The van der Waals surface area contributed by atoms with E-state index in [9.17, 15) is 9.59 Å². The van der Waals surface area contributed by atoms with Crippen molar-refractivity contribution in [2.75, 3.05) is 19.0 Å². The predicted molar refractivity (Wildman–Crippen MR) is 57.1 cm³/mol. The fourth-order valence-corrected chi connectivity index (χ4v) is 0.991. The lowest BCUT2D eigenvalue weighted by molar-refractivity contribution is -0.146. The summed E-state index contributed by atoms with van der Waals surface area (Å²) in [4.78, 5) is 23.5. The molecule has 1 aromatic rings. The van der Waals surface area contributed by atoms with Crippen molar-refractivity contribution < 1.29 is 14.3 Å². The third kappa shape index (κ3) is 3.09. The first kappa shape index (κ1) is 11.2. The number of esters is 1. The number of nitrogens with zero attached hydrogens (tertiary/aromatic N) is 1. The number of hydrogen-bond acceptors (Lipinski definition) is 4. The van der Waals surface area contributed by atoms with Gasteiger partial charge in [-0.3, -0.25) is 4.79 Å². The second-order valence-corrected chi connectivity index (χ2v) is 3.33. The smallest absolute Gasteiger partial charge is 0.379 e. The van der Waals surface area contributed by atoms with Crippen LogP contribution in [0.2, 0.25) is 0 Å². The van der Waals surface area contributed by atoms with Gasteiger partial charge in [0.1, 0.15) is 5.75 Å². The summed E-state index contributed by atoms with van der Waals surface area (Å²) in [7, 11) is 3.83. The standard InChI is InChI=1S/C11H13NO3/c1-8(13)11(14)15-10-6-4-9(5-7-10)12(2)3/h4-7H,1-3H3. The summed E-state index contributed by atoms with van der Waals surface area (Å²) in [5.74, 6) is -1.07. The Balaban J connectivity index is 2.73. The number of hydrogen-bond donors (Lipinski definition) is 0. The third-order valence-electron chi connectivity index (χ3n) is 1.85. The molecule has 0 radical (unpaired) electrons. The number of rotatable bonds is 3. The van der Waals surface area contributed by atoms with Crippen LogP contribution in [-0.4, -0.2) is 25.8 Å². The number of benzene rings is 1. The third-order valence-corrected chi connectivity index (χ3v) is 1.85. The van der Waals surface area contributed by atoms with Crippen molar-refractivity contribution in [3.8, 4) is 5.75 Å². The average Bonchev–Trinajstić information content (AvgIpc) is 2.18. The molecule has 80 valence electrons. The largest absolute Gasteiger partial charge is 0.421 e. The van der Waals surface area contributed by atoms with E-state index in [4.69, 9.17) is 4.74 Å². The molecule has 0 bridgehead atoms. The van der Waals surface area contributed by atoms with Gasteiger partial charge in [0.25, 0.3) is 0 Å². The fraction of sp³-hybridized carbons (Fsp3) is 0.273. The minimum Gasteiger partial charge on any atom is -0.421 e. The molecule has 0 unspecified atom stereocenters. The van der Waals surface area contributed by atoms with Gasteiger partial charge in [0.15, 0.2) is 0 Å². The van der Waals surface area contributed by atoms with E-state index in [0.717, 1.165) is 5.69 Å². The molecule has 0 aliphatic carbocycles. The van der Waals surface area contributed by atoms with Gasteiger partial charge in [0, 0.05) is 26.7 Å². The average molecular weight is 207 g/mol. The van der Waals surface area contributed by atoms with Crippen LogP contribution in [0.5, 0.6) is 5.75 Å². The van der Waals surface area contributed by atoms with Crippen molar-refractivity contribution in [3.05, 3.63) is 24.3 Å². The highest BCUT2D eigenvalue weighted by molar-refractivity contribution is 6.33. The number of ether oxygens (including phenoxy) is 1. The van der Waals surface area contributed by atoms with Crippen LogP contribution in [0, 0.1) is 0 Å². The van der Waals surface area contributed by atoms with Crippen LogP contribution in [0.3, 0.4) is 0 Å². The predicted octanol–water partition coefficient (Wildman–Crippen LogP) is 1.25. The van der Waals surface area contributed by atoms with Gasteiger partial charge < -0.3 is 9.64 Å². The Morgan fingerprint density at radius 2 is 1.67 bits per heavy atom. The maximum Gasteiger partial charge on any atom is 0.379 e. The van der Waals surface area contributed by atoms with Gasteiger partial charge in [0.2, 0.25) is 5.78 Å². The Morgan fingerprint density at radius 3 is 2.07 bits per heavy atom. The lowest BCUT2D eigenvalue weighted by Crippen LogP contribution is -2.16. The van der Waals surface area contributed by atoms with Crippen LogP contribution in [0.4, 0.5) is 5.69 Å². The molecule has 1 aromatic carbocycles. The Hall–Kier alpha value is -1.84. The topological polar surface area (TPSA) is 46.6 Å². The summed E-state index contributed by atoms with van der Waals surface area (Å²) in [5, 5.41) is 0. The van der Waals surface area contributed by atoms with Crippen LogP contribution in [-0.2, 0) is 9.59 Å². The molecule has 0 atom stereocenters. The Bertz CT molecular complexity index is 368. The molecule has 0 aliphatic heterocycles. The summed E-state index contributed by atoms with van der Waals surface area (Å²) >= 11 is 0. The van der Waals surface area contributed by atoms with Gasteiger partial charge in [-0.15, -0.1) is 0 Å². The molecule has 0 saturated carbocycles. The van der Waals surface area contributed by atoms with Gasteiger partial charge in [-0.25, -0.2) is 4.79 Å². The lowest BCUT2D eigenvalue weighted by Gasteiger charge is -2.12. The molecule has 4 nitrogen and oxygen atoms in total. The zero-order valence-corrected chi connectivity index (χ0v) is 8.98. The van der Waals surface area contributed by atoms with Crippen LogP contribution in [0.15, 0.2) is 24.3 Å². The Labute approximate surface area is 88.5 Å². The van der Waals surface area contributed by atoms with E-state index in [1.165, 1.54) is 6.92 Å². The van der Waals surface area contributed by atoms with Crippen molar-refractivity contribution in [2.45, 2.75) is 6.92 Å². The first-order chi connectivity index (χ1) is 7.00. The summed E-state index contributed by atoms with van der Waals surface area (Å²) in [6, 6.07) is 6.91. The van der Waals surface area contributed by atoms with Crippen molar-refractivity contribution in [1.29, 1.82) is 0 Å². The fourth-order valence-electron chi connectivity index (χ4n) is 0.991. The van der Waals surface area contributed by atoms with Crippen molar-refractivity contribution in [3.63, 3.8) is 0 Å². The van der Waals surface area contributed by atoms with Crippen molar-refractivity contribution in [2.24, 2.45) is 0 Å². The number of carbonyl (C=O) groups is 2. The molecule has 0 heterocycles. The highest BCUT2D eigenvalue weighted by Gasteiger charge is 2.09. The van der Waals surface area contributed by atoms with E-state index in [1.807, 2.05) is 31.1 Å². The van der Waals surface area contributed by atoms with E-state index in [1.54, 1.807) is 12.1 Å². The minimum absolute atomic E-state index is 0.376. The zero-order chi connectivity index (χ0) is 11.4. The zero-order valence-electron chi connectivity index (χ0n) is 8.98. The summed E-state index contributed by atoms with van der Waals surface area (Å²) in [5.41, 5.74) is 0.998. The van der Waals surface area contributed by atoms with E-state index in [0.29, 0.717) is 5.75 Å². The maximum absolute atomic E-state index is 10.9. The summed E-state index contributed by atoms with van der Waals surface area (Å²) < 4.78 is 4.80. The van der Waals surface area contributed by atoms with E-state index < -0.39 is 11.8 Å². The SMILES string of the molecule is CC(=O)C(=O)Oc1ccc(N(C)C)cc1. The first-order valence-electron chi connectivity index (χ1n) is 4.51. The highest BCUT2D eigenvalue weighted by atomic mass is 16.5. The van der Waals surface area contributed by atoms with Gasteiger partial charge >= 0.3 is 5.97 Å². The van der Waals surface area contributed by atoms with Gasteiger partial charge in [-0.05, 0) is 24.3 Å². The lowest BCUT2D eigenvalue weighted by atomic mass is 10.3. The number of carbonyl (C=O) groups excluding carboxylic acids is 2. The number of anilines is 1. The maximum atomic E-state index is 10.9. The second-order valence-electron chi connectivity index (χ2n) is 3.33.